The van der Waals surface area contributed by atoms with Crippen LogP contribution in [-0.4, -0.2) is 23.6 Å². The normalized spacial score (nSPS) is 10.7. The molecular formula is C10H13N3O. The molecular weight excluding hydrogens is 178 g/mol. The van der Waals surface area contributed by atoms with E-state index in [-0.39, 0.29) is 0 Å². The second-order valence-corrected chi connectivity index (χ2v) is 3.12. The average Bonchev–Trinajstić information content (AvgIpc) is 2.62. The molecule has 0 fully saturated rings. The first-order valence-electron chi connectivity index (χ1n) is 4.55. The second kappa shape index (κ2) is 3.67. The molecule has 2 aromatic heterocycles. The van der Waals surface area contributed by atoms with Crippen molar-refractivity contribution in [2.75, 3.05) is 13.7 Å². The summed E-state index contributed by atoms with van der Waals surface area (Å²) in [5, 5.41) is 1.09. The molecule has 0 aliphatic carbocycles. The van der Waals surface area contributed by atoms with Crippen LogP contribution in [0.2, 0.25) is 0 Å². The summed E-state index contributed by atoms with van der Waals surface area (Å²) in [6.45, 7) is 0.637. The van der Waals surface area contributed by atoms with Crippen LogP contribution in [0.1, 0.15) is 5.56 Å². The average molecular weight is 191 g/mol. The minimum absolute atomic E-state index is 0.637. The monoisotopic (exact) mass is 191 g/mol. The van der Waals surface area contributed by atoms with Crippen molar-refractivity contribution in [1.29, 1.82) is 0 Å². The Morgan fingerprint density at radius 3 is 3.07 bits per heavy atom. The zero-order valence-electron chi connectivity index (χ0n) is 8.08. The number of nitrogens with one attached hydrogen (secondary N) is 1. The Balaban J connectivity index is 2.62. The molecule has 4 nitrogen and oxygen atoms in total. The largest absolute Gasteiger partial charge is 0.494 e. The molecule has 74 valence electrons. The molecule has 0 atom stereocenters. The number of nitrogens with zero attached hydrogens (tertiary/aromatic N) is 1. The Hall–Kier alpha value is -1.55. The molecule has 3 N–H and O–H groups in total. The van der Waals surface area contributed by atoms with E-state index in [0.717, 1.165) is 23.1 Å². The number of ether oxygens (including phenoxy) is 1. The van der Waals surface area contributed by atoms with Gasteiger partial charge in [0.05, 0.1) is 25.0 Å². The first-order valence-corrected chi connectivity index (χ1v) is 4.55. The maximum atomic E-state index is 5.53. The van der Waals surface area contributed by atoms with Crippen LogP contribution in [-0.2, 0) is 6.42 Å². The van der Waals surface area contributed by atoms with Gasteiger partial charge in [-0.1, -0.05) is 0 Å². The molecule has 0 aliphatic rings. The first kappa shape index (κ1) is 9.02. The Labute approximate surface area is 82.1 Å². The predicted molar refractivity (Wildman–Crippen MR) is 55.4 cm³/mol. The Morgan fingerprint density at radius 2 is 2.36 bits per heavy atom. The van der Waals surface area contributed by atoms with Gasteiger partial charge in [0.1, 0.15) is 5.75 Å². The highest BCUT2D eigenvalue weighted by molar-refractivity contribution is 5.88. The Morgan fingerprint density at radius 1 is 1.50 bits per heavy atom. The maximum Gasteiger partial charge on any atom is 0.146 e. The fraction of sp³-hybridized carbons (Fsp3) is 0.300. The number of aromatic nitrogens is 2. The van der Waals surface area contributed by atoms with Gasteiger partial charge in [-0.2, -0.15) is 0 Å². The van der Waals surface area contributed by atoms with Gasteiger partial charge in [-0.05, 0) is 18.5 Å². The van der Waals surface area contributed by atoms with E-state index in [4.69, 9.17) is 10.5 Å². The van der Waals surface area contributed by atoms with E-state index in [1.54, 1.807) is 19.5 Å². The van der Waals surface area contributed by atoms with Crippen molar-refractivity contribution in [3.05, 3.63) is 24.2 Å². The summed E-state index contributed by atoms with van der Waals surface area (Å²) in [6.07, 6.45) is 6.32. The van der Waals surface area contributed by atoms with Gasteiger partial charge in [-0.15, -0.1) is 0 Å². The molecule has 0 aromatic carbocycles. The summed E-state index contributed by atoms with van der Waals surface area (Å²) in [6, 6.07) is 0. The highest BCUT2D eigenvalue weighted by Crippen LogP contribution is 2.27. The van der Waals surface area contributed by atoms with Crippen LogP contribution < -0.4 is 10.5 Å². The fourth-order valence-electron chi connectivity index (χ4n) is 1.63. The van der Waals surface area contributed by atoms with Crippen molar-refractivity contribution >= 4 is 10.9 Å². The second-order valence-electron chi connectivity index (χ2n) is 3.12. The van der Waals surface area contributed by atoms with Gasteiger partial charge in [0.2, 0.25) is 0 Å². The molecule has 0 saturated heterocycles. The lowest BCUT2D eigenvalue weighted by Crippen LogP contribution is -2.02. The highest BCUT2D eigenvalue weighted by atomic mass is 16.5. The molecule has 4 heteroatoms. The predicted octanol–water partition coefficient (Wildman–Crippen LogP) is 1.07. The molecule has 0 amide bonds. The minimum Gasteiger partial charge on any atom is -0.494 e. The third-order valence-corrected chi connectivity index (χ3v) is 2.27. The van der Waals surface area contributed by atoms with Crippen molar-refractivity contribution in [2.24, 2.45) is 5.73 Å². The van der Waals surface area contributed by atoms with Gasteiger partial charge in [0, 0.05) is 11.6 Å². The van der Waals surface area contributed by atoms with E-state index >= 15 is 0 Å². The van der Waals surface area contributed by atoms with E-state index in [0.29, 0.717) is 6.54 Å². The Bertz CT molecular complexity index is 436. The molecule has 0 aliphatic heterocycles. The topological polar surface area (TPSA) is 63.9 Å². The molecule has 0 radical (unpaired) electrons. The van der Waals surface area contributed by atoms with E-state index in [2.05, 4.69) is 9.97 Å². The van der Waals surface area contributed by atoms with Crippen LogP contribution in [0.4, 0.5) is 0 Å². The van der Waals surface area contributed by atoms with Crippen LogP contribution in [0, 0.1) is 0 Å². The first-order chi connectivity index (χ1) is 6.86. The van der Waals surface area contributed by atoms with Crippen LogP contribution in [0.5, 0.6) is 5.75 Å². The summed E-state index contributed by atoms with van der Waals surface area (Å²) in [7, 11) is 1.65. The summed E-state index contributed by atoms with van der Waals surface area (Å²) >= 11 is 0. The van der Waals surface area contributed by atoms with Gasteiger partial charge in [-0.3, -0.25) is 4.98 Å². The van der Waals surface area contributed by atoms with E-state index < -0.39 is 0 Å². The van der Waals surface area contributed by atoms with Crippen molar-refractivity contribution < 1.29 is 4.74 Å². The maximum absolute atomic E-state index is 5.53. The standard InChI is InChI=1S/C10H13N3O/c1-14-9-6-12-5-8-10(9)7(2-3-11)4-13-8/h4-6,13H,2-3,11H2,1H3. The zero-order chi connectivity index (χ0) is 9.97. The molecule has 0 spiro atoms. The number of methoxy groups -OCH3 is 1. The lowest BCUT2D eigenvalue weighted by molar-refractivity contribution is 0.418. The summed E-state index contributed by atoms with van der Waals surface area (Å²) < 4.78 is 5.25. The third-order valence-electron chi connectivity index (χ3n) is 2.27. The summed E-state index contributed by atoms with van der Waals surface area (Å²) in [5.41, 5.74) is 7.71. The number of fused-ring (bicyclic) bond motifs is 1. The Kier molecular flexibility index (Phi) is 2.37. The number of pyridine rings is 1. The van der Waals surface area contributed by atoms with E-state index in [1.807, 2.05) is 6.20 Å². The van der Waals surface area contributed by atoms with Gasteiger partial charge in [0.15, 0.2) is 0 Å². The van der Waals surface area contributed by atoms with Gasteiger partial charge < -0.3 is 15.5 Å². The van der Waals surface area contributed by atoms with Crippen LogP contribution in [0.3, 0.4) is 0 Å². The SMILES string of the molecule is COc1cncc2[nH]cc(CCN)c12. The van der Waals surface area contributed by atoms with Crippen LogP contribution in [0.25, 0.3) is 10.9 Å². The number of nitrogens with two attached hydrogens (primary N) is 1. The van der Waals surface area contributed by atoms with Gasteiger partial charge in [-0.25, -0.2) is 0 Å². The summed E-state index contributed by atoms with van der Waals surface area (Å²) in [4.78, 5) is 7.22. The lowest BCUT2D eigenvalue weighted by Gasteiger charge is -2.02. The van der Waals surface area contributed by atoms with E-state index in [1.165, 1.54) is 5.56 Å². The van der Waals surface area contributed by atoms with E-state index in [9.17, 15) is 0 Å². The highest BCUT2D eigenvalue weighted by Gasteiger charge is 2.08. The molecule has 0 saturated carbocycles. The quantitative estimate of drug-likeness (QED) is 0.762. The number of hydrogen-bond donors (Lipinski definition) is 2. The van der Waals surface area contributed by atoms with Crippen molar-refractivity contribution in [2.45, 2.75) is 6.42 Å². The van der Waals surface area contributed by atoms with Crippen molar-refractivity contribution in [1.82, 2.24) is 9.97 Å². The van der Waals surface area contributed by atoms with Crippen LogP contribution >= 0.6 is 0 Å². The zero-order valence-corrected chi connectivity index (χ0v) is 8.08. The molecule has 2 aromatic rings. The molecule has 0 bridgehead atoms. The molecule has 2 heterocycles. The fourth-order valence-corrected chi connectivity index (χ4v) is 1.63. The number of hydrogen-bond acceptors (Lipinski definition) is 3. The molecule has 0 unspecified atom stereocenters. The van der Waals surface area contributed by atoms with Gasteiger partial charge >= 0.3 is 0 Å². The summed E-state index contributed by atoms with van der Waals surface area (Å²) in [5.74, 6) is 0.798. The molecule has 14 heavy (non-hydrogen) atoms. The third kappa shape index (κ3) is 1.33. The number of aromatic amines is 1. The van der Waals surface area contributed by atoms with Crippen molar-refractivity contribution in [3.8, 4) is 5.75 Å². The molecule has 2 rings (SSSR count). The number of H-pyrrole nitrogens is 1. The van der Waals surface area contributed by atoms with Crippen molar-refractivity contribution in [3.63, 3.8) is 0 Å². The smallest absolute Gasteiger partial charge is 0.146 e. The van der Waals surface area contributed by atoms with Crippen LogP contribution in [0.15, 0.2) is 18.6 Å². The minimum atomic E-state index is 0.637. The number of rotatable bonds is 3. The lowest BCUT2D eigenvalue weighted by atomic mass is 10.1. The van der Waals surface area contributed by atoms with Gasteiger partial charge in [0.25, 0.3) is 0 Å².